The number of nitro groups is 1. The lowest BCUT2D eigenvalue weighted by Crippen LogP contribution is -2.26. The smallest absolute Gasteiger partial charge is 0.287 e. The predicted molar refractivity (Wildman–Crippen MR) is 80.8 cm³/mol. The van der Waals surface area contributed by atoms with E-state index in [0.717, 1.165) is 10.6 Å². The summed E-state index contributed by atoms with van der Waals surface area (Å²) in [6.07, 6.45) is 0. The number of thiazole rings is 1. The molecule has 6 nitrogen and oxygen atoms in total. The molecular formula is C13H12ClN3O3S. The van der Waals surface area contributed by atoms with E-state index in [2.05, 4.69) is 4.98 Å². The van der Waals surface area contributed by atoms with E-state index in [4.69, 9.17) is 11.6 Å². The molecule has 0 spiro atoms. The quantitative estimate of drug-likeness (QED) is 0.638. The lowest BCUT2D eigenvalue weighted by molar-refractivity contribution is -0.384. The monoisotopic (exact) mass is 325 g/mol. The molecule has 2 rings (SSSR count). The Morgan fingerprint density at radius 2 is 2.24 bits per heavy atom. The third-order valence-corrected chi connectivity index (χ3v) is 4.19. The van der Waals surface area contributed by atoms with Crippen LogP contribution in [0.4, 0.5) is 5.69 Å². The molecule has 0 N–H and O–H groups in total. The van der Waals surface area contributed by atoms with Gasteiger partial charge in [-0.2, -0.15) is 0 Å². The largest absolute Gasteiger partial charge is 0.336 e. The topological polar surface area (TPSA) is 76.3 Å². The Morgan fingerprint density at radius 3 is 2.76 bits per heavy atom. The minimum absolute atomic E-state index is 0.0479. The van der Waals surface area contributed by atoms with Gasteiger partial charge in [-0.05, 0) is 19.1 Å². The fraction of sp³-hybridized carbons (Fsp3) is 0.231. The number of hydrogen-bond donors (Lipinski definition) is 0. The highest BCUT2D eigenvalue weighted by molar-refractivity contribution is 7.09. The van der Waals surface area contributed by atoms with Crippen molar-refractivity contribution in [2.24, 2.45) is 0 Å². The first kappa shape index (κ1) is 15.4. The first-order chi connectivity index (χ1) is 9.90. The second-order valence-electron chi connectivity index (χ2n) is 4.45. The van der Waals surface area contributed by atoms with Crippen molar-refractivity contribution in [1.82, 2.24) is 9.88 Å². The van der Waals surface area contributed by atoms with E-state index in [9.17, 15) is 14.9 Å². The number of carbonyl (C=O) groups excluding carboxylic acids is 1. The van der Waals surface area contributed by atoms with Gasteiger partial charge in [0.25, 0.3) is 11.6 Å². The van der Waals surface area contributed by atoms with Gasteiger partial charge in [0.15, 0.2) is 0 Å². The molecule has 1 heterocycles. The van der Waals surface area contributed by atoms with Gasteiger partial charge in [0.05, 0.1) is 22.7 Å². The summed E-state index contributed by atoms with van der Waals surface area (Å²) in [5, 5.41) is 10.7. The number of rotatable bonds is 4. The highest BCUT2D eigenvalue weighted by atomic mass is 35.5. The fourth-order valence-electron chi connectivity index (χ4n) is 1.77. The van der Waals surface area contributed by atoms with Gasteiger partial charge in [0, 0.05) is 23.6 Å². The van der Waals surface area contributed by atoms with Crippen LogP contribution in [-0.4, -0.2) is 27.8 Å². The molecule has 0 atom stereocenters. The van der Waals surface area contributed by atoms with Gasteiger partial charge in [-0.3, -0.25) is 14.9 Å². The van der Waals surface area contributed by atoms with E-state index in [1.807, 2.05) is 6.92 Å². The van der Waals surface area contributed by atoms with E-state index in [0.29, 0.717) is 12.1 Å². The Labute approximate surface area is 130 Å². The minimum Gasteiger partial charge on any atom is -0.336 e. The van der Waals surface area contributed by atoms with E-state index in [-0.39, 0.29) is 16.6 Å². The molecule has 2 aromatic rings. The van der Waals surface area contributed by atoms with Crippen molar-refractivity contribution in [3.63, 3.8) is 0 Å². The van der Waals surface area contributed by atoms with E-state index >= 15 is 0 Å². The van der Waals surface area contributed by atoms with Crippen molar-refractivity contribution in [1.29, 1.82) is 0 Å². The molecule has 0 saturated heterocycles. The Kier molecular flexibility index (Phi) is 4.54. The van der Waals surface area contributed by atoms with Crippen molar-refractivity contribution in [2.45, 2.75) is 13.5 Å². The van der Waals surface area contributed by atoms with Crippen LogP contribution in [0, 0.1) is 17.0 Å². The molecule has 0 bridgehead atoms. The van der Waals surface area contributed by atoms with Crippen LogP contribution in [0.1, 0.15) is 20.9 Å². The number of aromatic nitrogens is 1. The van der Waals surface area contributed by atoms with Crippen LogP contribution in [-0.2, 0) is 6.54 Å². The molecule has 0 aliphatic heterocycles. The minimum atomic E-state index is -0.582. The molecular weight excluding hydrogens is 314 g/mol. The molecule has 0 aliphatic rings. The summed E-state index contributed by atoms with van der Waals surface area (Å²) >= 11 is 7.30. The number of nitrogens with zero attached hydrogens (tertiary/aromatic N) is 3. The summed E-state index contributed by atoms with van der Waals surface area (Å²) in [6.45, 7) is 2.32. The summed E-state index contributed by atoms with van der Waals surface area (Å²) in [6, 6.07) is 3.96. The predicted octanol–water partition coefficient (Wildman–Crippen LogP) is 3.29. The van der Waals surface area contributed by atoms with Crippen molar-refractivity contribution in [3.8, 4) is 0 Å². The van der Waals surface area contributed by atoms with Gasteiger partial charge in [0.2, 0.25) is 0 Å². The number of carbonyl (C=O) groups is 1. The maximum atomic E-state index is 12.3. The zero-order valence-corrected chi connectivity index (χ0v) is 12.9. The highest BCUT2D eigenvalue weighted by Crippen LogP contribution is 2.25. The summed E-state index contributed by atoms with van der Waals surface area (Å²) in [5.41, 5.74) is 2.72. The first-order valence-electron chi connectivity index (χ1n) is 5.98. The van der Waals surface area contributed by atoms with E-state index in [1.54, 1.807) is 12.6 Å². The van der Waals surface area contributed by atoms with Gasteiger partial charge < -0.3 is 4.90 Å². The van der Waals surface area contributed by atoms with Crippen LogP contribution in [0.5, 0.6) is 0 Å². The average molecular weight is 326 g/mol. The molecule has 0 aliphatic carbocycles. The van der Waals surface area contributed by atoms with Gasteiger partial charge in [-0.25, -0.2) is 4.98 Å². The summed E-state index contributed by atoms with van der Waals surface area (Å²) < 4.78 is 0. The van der Waals surface area contributed by atoms with Crippen molar-refractivity contribution in [2.75, 3.05) is 7.05 Å². The van der Waals surface area contributed by atoms with Crippen molar-refractivity contribution in [3.05, 3.63) is 55.0 Å². The summed E-state index contributed by atoms with van der Waals surface area (Å²) in [7, 11) is 1.66. The maximum absolute atomic E-state index is 12.3. The molecule has 21 heavy (non-hydrogen) atoms. The maximum Gasteiger partial charge on any atom is 0.287 e. The number of amides is 1. The highest BCUT2D eigenvalue weighted by Gasteiger charge is 2.18. The van der Waals surface area contributed by atoms with Gasteiger partial charge in [0.1, 0.15) is 5.02 Å². The molecule has 0 unspecified atom stereocenters. The second kappa shape index (κ2) is 6.19. The number of halogens is 1. The van der Waals surface area contributed by atoms with Gasteiger partial charge in [-0.1, -0.05) is 11.6 Å². The number of aryl methyl sites for hydroxylation is 1. The Hall–Kier alpha value is -1.99. The van der Waals surface area contributed by atoms with Crippen LogP contribution >= 0.6 is 22.9 Å². The molecule has 1 aromatic carbocycles. The standard InChI is InChI=1S/C13H12ClN3O3S/c1-8-12(21-7-15-8)6-16(2)13(18)9-3-4-11(17(19)20)10(14)5-9/h3-5,7H,6H2,1-2H3. The van der Waals surface area contributed by atoms with Gasteiger partial charge in [-0.15, -0.1) is 11.3 Å². The summed E-state index contributed by atoms with van der Waals surface area (Å²) in [4.78, 5) is 29.1. The third-order valence-electron chi connectivity index (χ3n) is 2.96. The lowest BCUT2D eigenvalue weighted by atomic mass is 10.2. The average Bonchev–Trinajstić information content (AvgIpc) is 2.82. The summed E-state index contributed by atoms with van der Waals surface area (Å²) in [5.74, 6) is -0.250. The van der Waals surface area contributed by atoms with Crippen molar-refractivity contribution >= 4 is 34.5 Å². The normalized spacial score (nSPS) is 10.4. The fourth-order valence-corrected chi connectivity index (χ4v) is 2.85. The van der Waals surface area contributed by atoms with Crippen LogP contribution in [0.25, 0.3) is 0 Å². The number of benzene rings is 1. The van der Waals surface area contributed by atoms with E-state index in [1.165, 1.54) is 34.4 Å². The Morgan fingerprint density at radius 1 is 1.52 bits per heavy atom. The zero-order valence-electron chi connectivity index (χ0n) is 11.4. The third kappa shape index (κ3) is 3.37. The van der Waals surface area contributed by atoms with Crippen LogP contribution in [0.15, 0.2) is 23.7 Å². The van der Waals surface area contributed by atoms with Gasteiger partial charge >= 0.3 is 0 Å². The molecule has 110 valence electrons. The molecule has 8 heteroatoms. The molecule has 0 saturated carbocycles. The van der Waals surface area contributed by atoms with Crippen LogP contribution in [0.3, 0.4) is 0 Å². The second-order valence-corrected chi connectivity index (χ2v) is 5.79. The molecule has 0 radical (unpaired) electrons. The first-order valence-corrected chi connectivity index (χ1v) is 7.24. The molecule has 1 amide bonds. The SMILES string of the molecule is Cc1ncsc1CN(C)C(=O)c1ccc([N+](=O)[O-])c(Cl)c1. The number of nitro benzene ring substituents is 1. The Bertz CT molecular complexity index is 702. The number of hydrogen-bond acceptors (Lipinski definition) is 5. The van der Waals surface area contributed by atoms with Crippen LogP contribution < -0.4 is 0 Å². The molecule has 1 aromatic heterocycles. The van der Waals surface area contributed by atoms with E-state index < -0.39 is 4.92 Å². The lowest BCUT2D eigenvalue weighted by Gasteiger charge is -2.16. The van der Waals surface area contributed by atoms with Crippen molar-refractivity contribution < 1.29 is 9.72 Å². The zero-order chi connectivity index (χ0) is 15.6. The Balaban J connectivity index is 2.18. The van der Waals surface area contributed by atoms with Crippen LogP contribution in [0.2, 0.25) is 5.02 Å². The molecule has 0 fully saturated rings.